The van der Waals surface area contributed by atoms with Crippen molar-refractivity contribution in [2.24, 2.45) is 5.41 Å². The van der Waals surface area contributed by atoms with Crippen molar-refractivity contribution in [1.82, 2.24) is 15.3 Å². The van der Waals surface area contributed by atoms with Gasteiger partial charge in [-0.3, -0.25) is 9.97 Å². The molecule has 0 aliphatic carbocycles. The van der Waals surface area contributed by atoms with Crippen LogP contribution in [0.3, 0.4) is 0 Å². The molecule has 106 valence electrons. The number of rotatable bonds is 4. The molecule has 3 nitrogen and oxygen atoms in total. The summed E-state index contributed by atoms with van der Waals surface area (Å²) in [5.41, 5.74) is 1.98. The first-order chi connectivity index (χ1) is 9.47. The summed E-state index contributed by atoms with van der Waals surface area (Å²) >= 11 is 0. The smallest absolute Gasteiger partial charge is 0.123 e. The van der Waals surface area contributed by atoms with E-state index >= 15 is 0 Å². The highest BCUT2D eigenvalue weighted by molar-refractivity contribution is 5.21. The monoisotopic (exact) mass is 273 g/mol. The van der Waals surface area contributed by atoms with Crippen LogP contribution in [0.25, 0.3) is 0 Å². The maximum atomic E-state index is 13.1. The van der Waals surface area contributed by atoms with E-state index in [0.717, 1.165) is 11.3 Å². The van der Waals surface area contributed by atoms with Crippen molar-refractivity contribution in [3.63, 3.8) is 0 Å². The van der Waals surface area contributed by atoms with E-state index in [4.69, 9.17) is 0 Å². The third-order valence-electron chi connectivity index (χ3n) is 3.17. The summed E-state index contributed by atoms with van der Waals surface area (Å²) in [7, 11) is 0. The fraction of sp³-hybridized carbons (Fsp3) is 0.375. The van der Waals surface area contributed by atoms with Gasteiger partial charge in [0.05, 0.1) is 5.69 Å². The normalized spacial score (nSPS) is 13.2. The van der Waals surface area contributed by atoms with E-state index in [1.165, 1.54) is 12.1 Å². The molecule has 0 aliphatic rings. The molecule has 0 saturated carbocycles. The first-order valence-electron chi connectivity index (χ1n) is 6.70. The van der Waals surface area contributed by atoms with Crippen LogP contribution in [0.1, 0.15) is 38.1 Å². The zero-order chi connectivity index (χ0) is 14.6. The van der Waals surface area contributed by atoms with E-state index < -0.39 is 0 Å². The Morgan fingerprint density at radius 2 is 1.85 bits per heavy atom. The number of hydrogen-bond acceptors (Lipinski definition) is 3. The van der Waals surface area contributed by atoms with Gasteiger partial charge >= 0.3 is 0 Å². The van der Waals surface area contributed by atoms with Crippen LogP contribution in [-0.2, 0) is 6.54 Å². The fourth-order valence-corrected chi connectivity index (χ4v) is 2.21. The second kappa shape index (κ2) is 6.09. The van der Waals surface area contributed by atoms with Crippen molar-refractivity contribution >= 4 is 0 Å². The maximum absolute atomic E-state index is 13.1. The molecule has 0 radical (unpaired) electrons. The van der Waals surface area contributed by atoms with Crippen LogP contribution in [0.2, 0.25) is 0 Å². The molecular formula is C16H20FN3. The Morgan fingerprint density at radius 1 is 1.15 bits per heavy atom. The Labute approximate surface area is 119 Å². The standard InChI is InChI=1S/C16H20FN3/c1-16(2,3)15(12-4-6-13(17)7-5-12)20-11-14-10-18-8-9-19-14/h4-10,15,20H,11H2,1-3H3. The lowest BCUT2D eigenvalue weighted by molar-refractivity contribution is 0.270. The van der Waals surface area contributed by atoms with Crippen molar-refractivity contribution in [3.8, 4) is 0 Å². The average molecular weight is 273 g/mol. The zero-order valence-electron chi connectivity index (χ0n) is 12.1. The molecule has 1 atom stereocenters. The minimum atomic E-state index is -0.213. The minimum Gasteiger partial charge on any atom is -0.304 e. The van der Waals surface area contributed by atoms with E-state index in [1.807, 2.05) is 12.1 Å². The highest BCUT2D eigenvalue weighted by Gasteiger charge is 2.25. The summed E-state index contributed by atoms with van der Waals surface area (Å²) in [6, 6.07) is 6.77. The number of nitrogens with one attached hydrogen (secondary N) is 1. The third-order valence-corrected chi connectivity index (χ3v) is 3.17. The molecule has 0 fully saturated rings. The van der Waals surface area contributed by atoms with Gasteiger partial charge in [0, 0.05) is 31.2 Å². The average Bonchev–Trinajstić information content (AvgIpc) is 2.41. The minimum absolute atomic E-state index is 0.0139. The topological polar surface area (TPSA) is 37.8 Å². The van der Waals surface area contributed by atoms with Crippen LogP contribution in [0.4, 0.5) is 4.39 Å². The maximum Gasteiger partial charge on any atom is 0.123 e. The highest BCUT2D eigenvalue weighted by Crippen LogP contribution is 2.32. The molecule has 1 N–H and O–H groups in total. The molecule has 2 rings (SSSR count). The summed E-state index contributed by atoms with van der Waals surface area (Å²) in [6.45, 7) is 7.10. The number of aromatic nitrogens is 2. The molecule has 1 heterocycles. The Morgan fingerprint density at radius 3 is 2.40 bits per heavy atom. The molecule has 0 amide bonds. The van der Waals surface area contributed by atoms with E-state index in [2.05, 4.69) is 36.1 Å². The molecule has 0 saturated heterocycles. The Balaban J connectivity index is 2.14. The largest absolute Gasteiger partial charge is 0.304 e. The van der Waals surface area contributed by atoms with Crippen molar-refractivity contribution in [3.05, 3.63) is 59.9 Å². The number of hydrogen-bond donors (Lipinski definition) is 1. The number of nitrogens with zero attached hydrogens (tertiary/aromatic N) is 2. The molecular weight excluding hydrogens is 253 g/mol. The summed E-state index contributed by atoms with van der Waals surface area (Å²) in [5, 5.41) is 3.49. The van der Waals surface area contributed by atoms with Crippen molar-refractivity contribution in [1.29, 1.82) is 0 Å². The van der Waals surface area contributed by atoms with Crippen LogP contribution in [0.5, 0.6) is 0 Å². The van der Waals surface area contributed by atoms with Gasteiger partial charge in [-0.15, -0.1) is 0 Å². The van der Waals surface area contributed by atoms with Crippen molar-refractivity contribution < 1.29 is 4.39 Å². The van der Waals surface area contributed by atoms with Gasteiger partial charge in [0.25, 0.3) is 0 Å². The third kappa shape index (κ3) is 3.84. The van der Waals surface area contributed by atoms with Gasteiger partial charge in [-0.1, -0.05) is 32.9 Å². The van der Waals surface area contributed by atoms with Gasteiger partial charge in [-0.05, 0) is 23.1 Å². The molecule has 4 heteroatoms. The lowest BCUT2D eigenvalue weighted by Gasteiger charge is -2.32. The van der Waals surface area contributed by atoms with E-state index in [1.54, 1.807) is 18.6 Å². The lowest BCUT2D eigenvalue weighted by atomic mass is 9.82. The van der Waals surface area contributed by atoms with E-state index in [9.17, 15) is 4.39 Å². The first-order valence-corrected chi connectivity index (χ1v) is 6.70. The van der Waals surface area contributed by atoms with E-state index in [0.29, 0.717) is 6.54 Å². The second-order valence-corrected chi connectivity index (χ2v) is 5.93. The summed E-state index contributed by atoms with van der Waals surface area (Å²) < 4.78 is 13.1. The summed E-state index contributed by atoms with van der Waals surface area (Å²) in [4.78, 5) is 8.31. The molecule has 20 heavy (non-hydrogen) atoms. The van der Waals surface area contributed by atoms with Gasteiger partial charge in [-0.2, -0.15) is 0 Å². The highest BCUT2D eigenvalue weighted by atomic mass is 19.1. The predicted octanol–water partition coefficient (Wildman–Crippen LogP) is 3.49. The second-order valence-electron chi connectivity index (χ2n) is 5.93. The van der Waals surface area contributed by atoms with Gasteiger partial charge in [-0.25, -0.2) is 4.39 Å². The van der Waals surface area contributed by atoms with Crippen LogP contribution >= 0.6 is 0 Å². The Hall–Kier alpha value is -1.81. The summed E-state index contributed by atoms with van der Waals surface area (Å²) in [6.07, 6.45) is 5.09. The van der Waals surface area contributed by atoms with Gasteiger partial charge < -0.3 is 5.32 Å². The Kier molecular flexibility index (Phi) is 4.45. The van der Waals surface area contributed by atoms with Crippen LogP contribution in [0.15, 0.2) is 42.9 Å². The number of halogens is 1. The van der Waals surface area contributed by atoms with Gasteiger partial charge in [0.2, 0.25) is 0 Å². The molecule has 0 bridgehead atoms. The molecule has 1 aromatic carbocycles. The molecule has 2 aromatic rings. The van der Waals surface area contributed by atoms with Crippen LogP contribution in [0, 0.1) is 11.2 Å². The fourth-order valence-electron chi connectivity index (χ4n) is 2.21. The van der Waals surface area contributed by atoms with Crippen molar-refractivity contribution in [2.75, 3.05) is 0 Å². The van der Waals surface area contributed by atoms with Crippen LogP contribution in [-0.4, -0.2) is 9.97 Å². The van der Waals surface area contributed by atoms with Crippen LogP contribution < -0.4 is 5.32 Å². The zero-order valence-corrected chi connectivity index (χ0v) is 12.1. The molecule has 0 aliphatic heterocycles. The Bertz CT molecular complexity index is 532. The van der Waals surface area contributed by atoms with E-state index in [-0.39, 0.29) is 17.3 Å². The van der Waals surface area contributed by atoms with Crippen molar-refractivity contribution in [2.45, 2.75) is 33.4 Å². The molecule has 0 spiro atoms. The van der Waals surface area contributed by atoms with Gasteiger partial charge in [0.1, 0.15) is 5.82 Å². The van der Waals surface area contributed by atoms with Gasteiger partial charge in [0.15, 0.2) is 0 Å². The molecule has 1 unspecified atom stereocenters. The quantitative estimate of drug-likeness (QED) is 0.926. The molecule has 1 aromatic heterocycles. The predicted molar refractivity (Wildman–Crippen MR) is 77.5 cm³/mol. The first kappa shape index (κ1) is 14.6. The summed E-state index contributed by atoms with van der Waals surface area (Å²) in [5.74, 6) is -0.213. The SMILES string of the molecule is CC(C)(C)C(NCc1cnccn1)c1ccc(F)cc1. The lowest BCUT2D eigenvalue weighted by Crippen LogP contribution is -2.32. The number of benzene rings is 1.